The van der Waals surface area contributed by atoms with Gasteiger partial charge < -0.3 is 9.47 Å². The van der Waals surface area contributed by atoms with Gasteiger partial charge >= 0.3 is 0 Å². The van der Waals surface area contributed by atoms with Gasteiger partial charge in [-0.2, -0.15) is 20.4 Å². The summed E-state index contributed by atoms with van der Waals surface area (Å²) in [4.78, 5) is 41.0. The van der Waals surface area contributed by atoms with Gasteiger partial charge in [0.15, 0.2) is 17.1 Å². The molecule has 0 atom stereocenters. The summed E-state index contributed by atoms with van der Waals surface area (Å²) in [6.07, 6.45) is 37.1. The first kappa shape index (κ1) is 147. The lowest BCUT2D eigenvalue weighted by Crippen LogP contribution is -2.14. The van der Waals surface area contributed by atoms with E-state index in [1.54, 1.807) is 49.7 Å². The van der Waals surface area contributed by atoms with Crippen LogP contribution in [0.1, 0.15) is 325 Å². The molecule has 0 bridgehead atoms. The molecule has 11 heterocycles. The Hall–Kier alpha value is -12.8. The lowest BCUT2D eigenvalue weighted by molar-refractivity contribution is 0.171. The summed E-state index contributed by atoms with van der Waals surface area (Å²) < 4.78 is 10.6. The quantitative estimate of drug-likeness (QED) is 0.139. The average molecular weight is 1910 g/mol. The van der Waals surface area contributed by atoms with Gasteiger partial charge in [0, 0.05) is 106 Å². The fourth-order valence-electron chi connectivity index (χ4n) is 10.7. The van der Waals surface area contributed by atoms with Gasteiger partial charge in [0.2, 0.25) is 0 Å². The zero-order valence-corrected chi connectivity index (χ0v) is 95.3. The highest BCUT2D eigenvalue weighted by Crippen LogP contribution is 2.28. The summed E-state index contributed by atoms with van der Waals surface area (Å²) in [6.45, 7) is 81.3. The van der Waals surface area contributed by atoms with Crippen molar-refractivity contribution in [1.29, 1.82) is 0 Å². The van der Waals surface area contributed by atoms with E-state index in [1.165, 1.54) is 89.9 Å². The second-order valence-electron chi connectivity index (χ2n) is 22.6. The Morgan fingerprint density at radius 2 is 0.500 bits per heavy atom. The van der Waals surface area contributed by atoms with Crippen molar-refractivity contribution in [2.45, 2.75) is 328 Å². The molecule has 140 heavy (non-hydrogen) atoms. The highest BCUT2D eigenvalue weighted by Gasteiger charge is 2.10. The van der Waals surface area contributed by atoms with E-state index in [0.717, 1.165) is 71.7 Å². The number of nitrogens with zero attached hydrogens (tertiary/aromatic N) is 14. The monoisotopic (exact) mass is 1910 g/mol. The van der Waals surface area contributed by atoms with Crippen LogP contribution in [0, 0.1) is 0 Å². The van der Waals surface area contributed by atoms with E-state index in [9.17, 15) is 0 Å². The third-order valence-corrected chi connectivity index (χ3v) is 15.8. The van der Waals surface area contributed by atoms with E-state index in [1.807, 2.05) is 521 Å². The molecule has 0 radical (unpaired) electrons. The van der Waals surface area contributed by atoms with Crippen molar-refractivity contribution in [3.05, 3.63) is 352 Å². The molecular formula is C124H194N14O2. The number of rotatable bonds is 0. The maximum Gasteiger partial charge on any atom is 0.161 e. The smallest absolute Gasteiger partial charge is 0.161 e. The minimum Gasteiger partial charge on any atom is -0.486 e. The number of benzene rings is 7. The van der Waals surface area contributed by atoms with Crippen molar-refractivity contribution in [2.24, 2.45) is 0 Å². The molecular weight excluding hydrogens is 1720 g/mol. The van der Waals surface area contributed by atoms with Crippen molar-refractivity contribution < 1.29 is 9.47 Å². The van der Waals surface area contributed by atoms with Crippen molar-refractivity contribution >= 4 is 76.3 Å². The molecule has 1 aliphatic heterocycles. The highest BCUT2D eigenvalue weighted by atomic mass is 16.6. The number of fused-ring (bicyclic) bond motifs is 10. The first-order valence-corrected chi connectivity index (χ1v) is 53.2. The Bertz CT molecular complexity index is 3920. The number of para-hydroxylation sites is 6. The van der Waals surface area contributed by atoms with Crippen LogP contribution in [-0.4, -0.2) is 83.4 Å². The molecule has 10 aromatic heterocycles. The highest BCUT2D eigenvalue weighted by molar-refractivity contribution is 5.82. The van der Waals surface area contributed by atoms with Crippen LogP contribution in [0.15, 0.2) is 330 Å². The minimum absolute atomic E-state index is 0.664. The molecule has 16 heteroatoms. The summed E-state index contributed by atoms with van der Waals surface area (Å²) in [5, 5.41) is 24.5. The number of hydrogen-bond acceptors (Lipinski definition) is 16. The normalized spacial score (nSPS) is 9.26. The Morgan fingerprint density at radius 1 is 0.186 bits per heavy atom. The van der Waals surface area contributed by atoms with Crippen LogP contribution in [0.5, 0.6) is 11.5 Å². The van der Waals surface area contributed by atoms with E-state index < -0.39 is 0 Å². The van der Waals surface area contributed by atoms with Gasteiger partial charge in [0.1, 0.15) is 19.5 Å². The van der Waals surface area contributed by atoms with E-state index >= 15 is 0 Å². The Morgan fingerprint density at radius 3 is 0.929 bits per heavy atom. The topological polar surface area (TPSA) is 199 Å². The van der Waals surface area contributed by atoms with Crippen LogP contribution in [0.2, 0.25) is 0 Å². The molecule has 3 aliphatic rings. The number of pyridine rings is 6. The SMILES string of the molecule is CC.CC.CC.CC.CC.CC.CC.CC.CC.CC.CC.CC.CC.CC.CC.CC.CC.CC.CC.CC.c1cc2c(cn1)CCCC2.c1ccc2c(c1)OCCO2.c1ccc2cnccc2c1.c1ccc2cnncc2c1.c1ccc2ncccc2c1.c1ccc2nccnc2c1.c1ccc2ncncc2c1.c1ccc2nnccc2c1.c1cnc2c(c1)CCCC2.c1cnc2ncccc2c1. The molecule has 0 unspecified atom stereocenters. The lowest BCUT2D eigenvalue weighted by atomic mass is 9.94. The molecule has 0 saturated carbocycles. The van der Waals surface area contributed by atoms with Crippen molar-refractivity contribution in [3.8, 4) is 11.5 Å². The van der Waals surface area contributed by atoms with Crippen LogP contribution in [-0.2, 0) is 25.7 Å². The van der Waals surface area contributed by atoms with E-state index in [0.29, 0.717) is 13.2 Å². The van der Waals surface area contributed by atoms with Crippen molar-refractivity contribution in [1.82, 2.24) is 70.2 Å². The molecule has 20 rings (SSSR count). The predicted molar refractivity (Wildman–Crippen MR) is 627 cm³/mol. The van der Waals surface area contributed by atoms with Crippen LogP contribution >= 0.6 is 0 Å². The van der Waals surface area contributed by atoms with Gasteiger partial charge in [0.05, 0.1) is 46.2 Å². The summed E-state index contributed by atoms with van der Waals surface area (Å²) in [5.41, 5.74) is 11.5. The number of aromatic nitrogens is 14. The summed E-state index contributed by atoms with van der Waals surface area (Å²) in [5.74, 6) is 1.71. The van der Waals surface area contributed by atoms with Gasteiger partial charge in [-0.25, -0.2) is 19.9 Å². The van der Waals surface area contributed by atoms with Crippen molar-refractivity contribution in [3.63, 3.8) is 0 Å². The third-order valence-electron chi connectivity index (χ3n) is 15.8. The molecule has 0 amide bonds. The van der Waals surface area contributed by atoms with Crippen LogP contribution in [0.25, 0.3) is 76.3 Å². The van der Waals surface area contributed by atoms with Gasteiger partial charge in [-0.3, -0.25) is 29.9 Å². The third kappa shape index (κ3) is 69.1. The molecule has 772 valence electrons. The van der Waals surface area contributed by atoms with Gasteiger partial charge in [-0.1, -0.05) is 416 Å². The Kier molecular flexibility index (Phi) is 129. The molecule has 0 N–H and O–H groups in total. The van der Waals surface area contributed by atoms with Gasteiger partial charge in [0.25, 0.3) is 0 Å². The maximum absolute atomic E-state index is 5.30. The summed E-state index contributed by atoms with van der Waals surface area (Å²) in [6, 6.07) is 77.7. The molecule has 17 aromatic rings. The summed E-state index contributed by atoms with van der Waals surface area (Å²) in [7, 11) is 0. The summed E-state index contributed by atoms with van der Waals surface area (Å²) >= 11 is 0. The van der Waals surface area contributed by atoms with E-state index in [4.69, 9.17) is 9.47 Å². The van der Waals surface area contributed by atoms with Crippen LogP contribution in [0.3, 0.4) is 0 Å². The second kappa shape index (κ2) is 122. The molecule has 2 aliphatic carbocycles. The van der Waals surface area contributed by atoms with Crippen LogP contribution in [0.4, 0.5) is 0 Å². The zero-order chi connectivity index (χ0) is 108. The molecule has 0 saturated heterocycles. The Labute approximate surface area is 855 Å². The molecule has 0 spiro atoms. The minimum atomic E-state index is 0.664. The first-order chi connectivity index (χ1) is 69.7. The molecule has 0 fully saturated rings. The van der Waals surface area contributed by atoms with Crippen molar-refractivity contribution in [2.75, 3.05) is 13.2 Å². The fourth-order valence-corrected chi connectivity index (χ4v) is 10.7. The average Bonchev–Trinajstić information content (AvgIpc) is 0.948. The first-order valence-electron chi connectivity index (χ1n) is 53.2. The molecule has 7 aromatic carbocycles. The van der Waals surface area contributed by atoms with E-state index in [-0.39, 0.29) is 0 Å². The number of ether oxygens (including phenoxy) is 2. The van der Waals surface area contributed by atoms with Gasteiger partial charge in [-0.05, 0) is 176 Å². The fraction of sp³-hybridized carbons (Fsp3) is 0.403. The van der Waals surface area contributed by atoms with Gasteiger partial charge in [-0.15, -0.1) is 0 Å². The van der Waals surface area contributed by atoms with E-state index in [2.05, 4.69) is 107 Å². The number of aryl methyl sites for hydroxylation is 4. The zero-order valence-electron chi connectivity index (χ0n) is 95.3. The standard InChI is InChI=1S/C9H11N.C9H7N.C9H11N.C9H7N.5C8H6N2.C8H8O2.20C2H6/c2*1-2-6-9-8(4-1)5-3-7-10-9;2*1-2-4-9-7-10-6-5-8(9)3-1;1-3-7-4-2-6-10-8(7)9-5-1;1-2-4-8-7(3-1)5-9-6-10-8;1-2-4-8-6-10-9-5-7(8)3-1;1-2-4-8-7(3-1)9-5-6-10-8;1-2-4-8-7(3-1)5-6-9-10-8;1-2-4-8-7(3-1)9-5-6-10-8;20*1-2/h3,5,7H,1-2,4,6H2;1-7H;5-7H,1-4H2;1-7H;5*1-6H;1-4H,5-6H2;20*1-2H3. The molecule has 16 nitrogen and oxygen atoms in total. The largest absolute Gasteiger partial charge is 0.486 e. The maximum atomic E-state index is 5.30. The Balaban J connectivity index is -0.000000161. The predicted octanol–water partition coefficient (Wildman–Crippen LogP) is 38.5. The van der Waals surface area contributed by atoms with Crippen LogP contribution < -0.4 is 9.47 Å². The number of hydrogen-bond donors (Lipinski definition) is 0. The second-order valence-corrected chi connectivity index (χ2v) is 22.6. The lowest BCUT2D eigenvalue weighted by Gasteiger charge is -2.17.